The fourth-order valence-corrected chi connectivity index (χ4v) is 4.60. The van der Waals surface area contributed by atoms with Crippen molar-refractivity contribution in [3.8, 4) is 17.0 Å². The number of hydrogen-bond acceptors (Lipinski definition) is 6. The van der Waals surface area contributed by atoms with Gasteiger partial charge in [0.05, 0.1) is 17.3 Å². The summed E-state index contributed by atoms with van der Waals surface area (Å²) in [6, 6.07) is 9.60. The molecule has 13 heteroatoms. The number of nitrogens with one attached hydrogen (secondary N) is 2. The van der Waals surface area contributed by atoms with E-state index in [9.17, 15) is 35.9 Å². The van der Waals surface area contributed by atoms with Gasteiger partial charge in [0, 0.05) is 29.8 Å². The summed E-state index contributed by atoms with van der Waals surface area (Å²) in [4.78, 5) is 16.3. The Labute approximate surface area is 208 Å². The molecule has 0 aliphatic carbocycles. The molecule has 8 nitrogen and oxygen atoms in total. The Kier molecular flexibility index (Phi) is 6.93. The van der Waals surface area contributed by atoms with Crippen LogP contribution in [0.25, 0.3) is 22.2 Å². The van der Waals surface area contributed by atoms with Gasteiger partial charge in [0.1, 0.15) is 17.1 Å². The normalized spacial score (nSPS) is 13.0. The molecule has 2 aromatic carbocycles. The van der Waals surface area contributed by atoms with Crippen LogP contribution in [0.5, 0.6) is 5.75 Å². The summed E-state index contributed by atoms with van der Waals surface area (Å²) in [6.45, 7) is 1.23. The van der Waals surface area contributed by atoms with E-state index in [2.05, 4.69) is 15.0 Å². The third-order valence-electron chi connectivity index (χ3n) is 5.34. The van der Waals surface area contributed by atoms with Crippen LogP contribution >= 0.6 is 0 Å². The summed E-state index contributed by atoms with van der Waals surface area (Å²) in [7, 11) is -4.25. The Bertz CT molecular complexity index is 1570. The number of carbonyl (C=O) groups excluding carboxylic acids is 1. The minimum Gasteiger partial charge on any atom is -0.507 e. The molecular formula is C24H19F4N3O5S. The van der Waals surface area contributed by atoms with Gasteiger partial charge in [-0.2, -0.15) is 17.9 Å². The van der Waals surface area contributed by atoms with E-state index < -0.39 is 44.6 Å². The molecule has 0 saturated heterocycles. The lowest BCUT2D eigenvalue weighted by Crippen LogP contribution is -2.44. The number of pyridine rings is 1. The number of benzene rings is 2. The molecule has 0 aliphatic rings. The SMILES string of the molecule is C[C@H](NS(=O)(=O)c1cc2cc(F)ccc2o1)C(=O)NCc1ccc(O)c(-c2ccc(C(F)(F)F)cn2)c1. The number of sulfonamides is 1. The van der Waals surface area contributed by atoms with Crippen molar-refractivity contribution >= 4 is 26.9 Å². The van der Waals surface area contributed by atoms with E-state index in [1.807, 2.05) is 0 Å². The number of furan rings is 1. The Hall–Kier alpha value is -3.97. The topological polar surface area (TPSA) is 122 Å². The van der Waals surface area contributed by atoms with Crippen LogP contribution in [0.15, 0.2) is 70.3 Å². The lowest BCUT2D eigenvalue weighted by atomic mass is 10.1. The molecule has 1 atom stereocenters. The van der Waals surface area contributed by atoms with Crippen molar-refractivity contribution in [3.05, 3.63) is 77.7 Å². The second-order valence-electron chi connectivity index (χ2n) is 8.09. The Morgan fingerprint density at radius 2 is 1.86 bits per heavy atom. The van der Waals surface area contributed by atoms with Crippen LogP contribution in [0.3, 0.4) is 0 Å². The molecular weight excluding hydrogens is 518 g/mol. The van der Waals surface area contributed by atoms with E-state index >= 15 is 0 Å². The second kappa shape index (κ2) is 9.82. The predicted octanol–water partition coefficient (Wildman–Crippen LogP) is 4.34. The number of alkyl halides is 3. The van der Waals surface area contributed by atoms with Gasteiger partial charge in [-0.15, -0.1) is 0 Å². The monoisotopic (exact) mass is 537 g/mol. The molecule has 0 fully saturated rings. The van der Waals surface area contributed by atoms with Crippen molar-refractivity contribution in [2.75, 3.05) is 0 Å². The lowest BCUT2D eigenvalue weighted by molar-refractivity contribution is -0.137. The zero-order valence-electron chi connectivity index (χ0n) is 19.0. The highest BCUT2D eigenvalue weighted by molar-refractivity contribution is 7.89. The van der Waals surface area contributed by atoms with Crippen LogP contribution in [0.2, 0.25) is 0 Å². The van der Waals surface area contributed by atoms with Crippen LogP contribution in [-0.4, -0.2) is 30.5 Å². The molecule has 2 heterocycles. The van der Waals surface area contributed by atoms with Crippen molar-refractivity contribution < 1.29 is 40.3 Å². The number of nitrogens with zero attached hydrogens (tertiary/aromatic N) is 1. The molecule has 0 unspecified atom stereocenters. The maximum absolute atomic E-state index is 13.4. The molecule has 2 aromatic heterocycles. The van der Waals surface area contributed by atoms with Gasteiger partial charge in [0.15, 0.2) is 0 Å². The molecule has 0 spiro atoms. The van der Waals surface area contributed by atoms with Gasteiger partial charge >= 0.3 is 6.18 Å². The number of rotatable bonds is 7. The van der Waals surface area contributed by atoms with Gasteiger partial charge in [-0.1, -0.05) is 6.07 Å². The fourth-order valence-electron chi connectivity index (χ4n) is 3.43. The highest BCUT2D eigenvalue weighted by Gasteiger charge is 2.31. The van der Waals surface area contributed by atoms with E-state index in [4.69, 9.17) is 4.42 Å². The van der Waals surface area contributed by atoms with Gasteiger partial charge in [-0.25, -0.2) is 12.8 Å². The first-order valence-electron chi connectivity index (χ1n) is 10.7. The van der Waals surface area contributed by atoms with Gasteiger partial charge < -0.3 is 14.8 Å². The molecule has 37 heavy (non-hydrogen) atoms. The Morgan fingerprint density at radius 3 is 2.54 bits per heavy atom. The van der Waals surface area contributed by atoms with E-state index in [1.54, 1.807) is 0 Å². The highest BCUT2D eigenvalue weighted by Crippen LogP contribution is 2.32. The predicted molar refractivity (Wildman–Crippen MR) is 124 cm³/mol. The van der Waals surface area contributed by atoms with E-state index in [0.717, 1.165) is 30.3 Å². The summed E-state index contributed by atoms with van der Waals surface area (Å²) in [5.41, 5.74) is -0.0757. The minimum absolute atomic E-state index is 0.0806. The maximum atomic E-state index is 13.4. The first-order chi connectivity index (χ1) is 17.3. The Balaban J connectivity index is 1.42. The van der Waals surface area contributed by atoms with Crippen molar-refractivity contribution in [2.24, 2.45) is 0 Å². The molecule has 0 bridgehead atoms. The zero-order chi connectivity index (χ0) is 27.0. The third kappa shape index (κ3) is 5.89. The fraction of sp³-hybridized carbons (Fsp3) is 0.167. The molecule has 194 valence electrons. The number of halogens is 4. The second-order valence-corrected chi connectivity index (χ2v) is 9.73. The van der Waals surface area contributed by atoms with Gasteiger partial charge in [0.2, 0.25) is 11.0 Å². The number of phenolic OH excluding ortho intramolecular Hbond substituents is 1. The number of amides is 1. The lowest BCUT2D eigenvalue weighted by Gasteiger charge is -2.14. The Morgan fingerprint density at radius 1 is 1.11 bits per heavy atom. The minimum atomic E-state index is -4.56. The molecule has 3 N–H and O–H groups in total. The largest absolute Gasteiger partial charge is 0.507 e. The van der Waals surface area contributed by atoms with Crippen LogP contribution in [0.1, 0.15) is 18.1 Å². The first kappa shape index (κ1) is 26.1. The average molecular weight is 537 g/mol. The van der Waals surface area contributed by atoms with Crippen molar-refractivity contribution in [2.45, 2.75) is 30.8 Å². The number of carbonyl (C=O) groups is 1. The number of fused-ring (bicyclic) bond motifs is 1. The van der Waals surface area contributed by atoms with E-state index in [0.29, 0.717) is 11.8 Å². The van der Waals surface area contributed by atoms with Crippen LogP contribution < -0.4 is 10.0 Å². The molecule has 0 radical (unpaired) electrons. The first-order valence-corrected chi connectivity index (χ1v) is 12.2. The standard InChI is InChI=1S/C24H19F4N3O5S/c1-13(31-37(34,35)22-10-15-9-17(25)4-7-21(15)36-22)23(33)30-11-14-2-6-20(32)18(8-14)19-5-3-16(12-29-19)24(26,27)28/h2-10,12-13,31-32H,11H2,1H3,(H,30,33)/t13-/m0/s1. The molecule has 1 amide bonds. The van der Waals surface area contributed by atoms with Crippen molar-refractivity contribution in [1.82, 2.24) is 15.0 Å². The van der Waals surface area contributed by atoms with E-state index in [-0.39, 0.29) is 34.5 Å². The highest BCUT2D eigenvalue weighted by atomic mass is 32.2. The third-order valence-corrected chi connectivity index (χ3v) is 6.74. The summed E-state index contributed by atoms with van der Waals surface area (Å²) in [5.74, 6) is -1.48. The van der Waals surface area contributed by atoms with E-state index in [1.165, 1.54) is 31.2 Å². The number of phenols is 1. The molecule has 0 aliphatic heterocycles. The molecule has 4 rings (SSSR count). The van der Waals surface area contributed by atoms with Crippen LogP contribution in [0, 0.1) is 5.82 Å². The van der Waals surface area contributed by atoms with Crippen molar-refractivity contribution in [1.29, 1.82) is 0 Å². The molecule has 4 aromatic rings. The molecule has 0 saturated carbocycles. The number of aromatic hydroxyl groups is 1. The van der Waals surface area contributed by atoms with Gasteiger partial charge in [-0.3, -0.25) is 9.78 Å². The number of hydrogen-bond donors (Lipinski definition) is 3. The maximum Gasteiger partial charge on any atom is 0.417 e. The quantitative estimate of drug-likeness (QED) is 0.302. The van der Waals surface area contributed by atoms with Crippen molar-refractivity contribution in [3.63, 3.8) is 0 Å². The van der Waals surface area contributed by atoms with Gasteiger partial charge in [0.25, 0.3) is 10.0 Å². The summed E-state index contributed by atoms with van der Waals surface area (Å²) < 4.78 is 84.4. The smallest absolute Gasteiger partial charge is 0.417 e. The summed E-state index contributed by atoms with van der Waals surface area (Å²) in [6.07, 6.45) is -3.91. The summed E-state index contributed by atoms with van der Waals surface area (Å²) >= 11 is 0. The number of aromatic nitrogens is 1. The van der Waals surface area contributed by atoms with Gasteiger partial charge in [-0.05, 0) is 55.0 Å². The van der Waals surface area contributed by atoms with Crippen LogP contribution in [-0.2, 0) is 27.5 Å². The summed E-state index contributed by atoms with van der Waals surface area (Å²) in [5, 5.41) is 12.4. The average Bonchev–Trinajstić information content (AvgIpc) is 3.27. The van der Waals surface area contributed by atoms with Crippen LogP contribution in [0.4, 0.5) is 17.6 Å². The zero-order valence-corrected chi connectivity index (χ0v) is 19.8.